The third-order valence-corrected chi connectivity index (χ3v) is 3.62. The molecule has 3 nitrogen and oxygen atoms in total. The number of ether oxygens (including phenoxy) is 1. The van der Waals surface area contributed by atoms with E-state index in [1.54, 1.807) is 0 Å². The summed E-state index contributed by atoms with van der Waals surface area (Å²) in [6.07, 6.45) is 0. The Morgan fingerprint density at radius 2 is 1.78 bits per heavy atom. The van der Waals surface area contributed by atoms with Gasteiger partial charge in [-0.25, -0.2) is 8.78 Å². The number of amides is 1. The lowest BCUT2D eigenvalue weighted by Crippen LogP contribution is -2.14. The first-order chi connectivity index (χ1) is 10.9. The van der Waals surface area contributed by atoms with E-state index >= 15 is 0 Å². The first-order valence-electron chi connectivity index (χ1n) is 6.36. The zero-order valence-corrected chi connectivity index (χ0v) is 12.4. The standard InChI is InChI=1S/C15H11F4NO2S/c16-12-6-5-11(7-13(12)17)23-8-14(21)20-9-1-3-10(4-2-9)22-15(18)19/h1-7,15H,8H2,(H,20,21). The molecule has 0 fully saturated rings. The van der Waals surface area contributed by atoms with Crippen LogP contribution in [0, 0.1) is 11.6 Å². The van der Waals surface area contributed by atoms with Crippen LogP contribution in [-0.4, -0.2) is 18.3 Å². The Hall–Kier alpha value is -2.22. The Balaban J connectivity index is 1.85. The van der Waals surface area contributed by atoms with Crippen LogP contribution in [0.1, 0.15) is 0 Å². The second-order valence-corrected chi connectivity index (χ2v) is 5.36. The van der Waals surface area contributed by atoms with Gasteiger partial charge in [0, 0.05) is 10.6 Å². The van der Waals surface area contributed by atoms with Crippen molar-refractivity contribution in [2.45, 2.75) is 11.5 Å². The molecule has 0 aromatic heterocycles. The summed E-state index contributed by atoms with van der Waals surface area (Å²) in [5.74, 6) is -2.34. The quantitative estimate of drug-likeness (QED) is 0.627. The summed E-state index contributed by atoms with van der Waals surface area (Å²) in [7, 11) is 0. The lowest BCUT2D eigenvalue weighted by molar-refractivity contribution is -0.113. The predicted molar refractivity (Wildman–Crippen MR) is 78.8 cm³/mol. The maximum Gasteiger partial charge on any atom is 0.387 e. The molecule has 2 aromatic rings. The number of carbonyl (C=O) groups excluding carboxylic acids is 1. The molecule has 2 aromatic carbocycles. The fourth-order valence-corrected chi connectivity index (χ4v) is 2.35. The third kappa shape index (κ3) is 5.48. The van der Waals surface area contributed by atoms with Gasteiger partial charge in [0.2, 0.25) is 5.91 Å². The van der Waals surface area contributed by atoms with Crippen LogP contribution in [-0.2, 0) is 4.79 Å². The van der Waals surface area contributed by atoms with Gasteiger partial charge in [-0.3, -0.25) is 4.79 Å². The molecule has 0 unspecified atom stereocenters. The lowest BCUT2D eigenvalue weighted by atomic mass is 10.3. The van der Waals surface area contributed by atoms with Crippen molar-refractivity contribution in [1.82, 2.24) is 0 Å². The maximum atomic E-state index is 13.0. The summed E-state index contributed by atoms with van der Waals surface area (Å²) >= 11 is 1.04. The maximum absolute atomic E-state index is 13.0. The highest BCUT2D eigenvalue weighted by Gasteiger charge is 2.08. The van der Waals surface area contributed by atoms with Gasteiger partial charge < -0.3 is 10.1 Å². The highest BCUT2D eigenvalue weighted by molar-refractivity contribution is 8.00. The minimum absolute atomic E-state index is 0.0135. The molecular formula is C15H11F4NO2S. The van der Waals surface area contributed by atoms with E-state index in [-0.39, 0.29) is 17.4 Å². The van der Waals surface area contributed by atoms with Crippen LogP contribution < -0.4 is 10.1 Å². The van der Waals surface area contributed by atoms with Crippen LogP contribution in [0.3, 0.4) is 0 Å². The van der Waals surface area contributed by atoms with Gasteiger partial charge in [0.1, 0.15) is 5.75 Å². The van der Waals surface area contributed by atoms with Crippen LogP contribution in [0.25, 0.3) is 0 Å². The zero-order chi connectivity index (χ0) is 16.8. The van der Waals surface area contributed by atoms with Gasteiger partial charge in [0.25, 0.3) is 0 Å². The SMILES string of the molecule is O=C(CSc1ccc(F)c(F)c1)Nc1ccc(OC(F)F)cc1. The molecule has 1 N–H and O–H groups in total. The Labute approximate surface area is 133 Å². The van der Waals surface area contributed by atoms with E-state index in [1.165, 1.54) is 30.3 Å². The lowest BCUT2D eigenvalue weighted by Gasteiger charge is -2.07. The number of hydrogen-bond donors (Lipinski definition) is 1. The first kappa shape index (κ1) is 17.1. The molecule has 8 heteroatoms. The van der Waals surface area contributed by atoms with E-state index in [0.717, 1.165) is 23.9 Å². The van der Waals surface area contributed by atoms with Crippen LogP contribution in [0.4, 0.5) is 23.2 Å². The zero-order valence-electron chi connectivity index (χ0n) is 11.6. The smallest absolute Gasteiger partial charge is 0.387 e. The number of carbonyl (C=O) groups is 1. The normalized spacial score (nSPS) is 10.7. The molecule has 0 aliphatic carbocycles. The molecule has 2 rings (SSSR count). The van der Waals surface area contributed by atoms with E-state index < -0.39 is 18.2 Å². The van der Waals surface area contributed by atoms with E-state index in [0.29, 0.717) is 10.6 Å². The molecule has 1 amide bonds. The molecule has 0 bridgehead atoms. The topological polar surface area (TPSA) is 38.3 Å². The van der Waals surface area contributed by atoms with Crippen molar-refractivity contribution in [3.63, 3.8) is 0 Å². The Kier molecular flexibility index (Phi) is 5.86. The van der Waals surface area contributed by atoms with Gasteiger partial charge in [-0.2, -0.15) is 8.78 Å². The number of alkyl halides is 2. The van der Waals surface area contributed by atoms with Gasteiger partial charge >= 0.3 is 6.61 Å². The van der Waals surface area contributed by atoms with Crippen molar-refractivity contribution in [2.75, 3.05) is 11.1 Å². The molecule has 0 saturated carbocycles. The van der Waals surface area contributed by atoms with Crippen molar-refractivity contribution >= 4 is 23.4 Å². The van der Waals surface area contributed by atoms with Gasteiger partial charge in [0.05, 0.1) is 5.75 Å². The second-order valence-electron chi connectivity index (χ2n) is 4.32. The molecule has 0 atom stereocenters. The van der Waals surface area contributed by atoms with E-state index in [9.17, 15) is 22.4 Å². The molecule has 0 aliphatic rings. The highest BCUT2D eigenvalue weighted by Crippen LogP contribution is 2.21. The number of rotatable bonds is 6. The first-order valence-corrected chi connectivity index (χ1v) is 7.35. The Morgan fingerprint density at radius 3 is 2.39 bits per heavy atom. The van der Waals surface area contributed by atoms with Crippen molar-refractivity contribution < 1.29 is 27.1 Å². The molecule has 0 saturated heterocycles. The Morgan fingerprint density at radius 1 is 1.09 bits per heavy atom. The Bertz CT molecular complexity index is 680. The second kappa shape index (κ2) is 7.87. The molecule has 122 valence electrons. The van der Waals surface area contributed by atoms with Crippen LogP contribution >= 0.6 is 11.8 Å². The molecule has 0 spiro atoms. The summed E-state index contributed by atoms with van der Waals surface area (Å²) in [5, 5.41) is 2.55. The van der Waals surface area contributed by atoms with Crippen LogP contribution in [0.2, 0.25) is 0 Å². The largest absolute Gasteiger partial charge is 0.435 e. The van der Waals surface area contributed by atoms with Gasteiger partial charge in [0.15, 0.2) is 11.6 Å². The van der Waals surface area contributed by atoms with Crippen LogP contribution in [0.15, 0.2) is 47.4 Å². The minimum Gasteiger partial charge on any atom is -0.435 e. The number of nitrogens with one attached hydrogen (secondary N) is 1. The average Bonchev–Trinajstić information content (AvgIpc) is 2.50. The van der Waals surface area contributed by atoms with Gasteiger partial charge in [-0.05, 0) is 42.5 Å². The fourth-order valence-electron chi connectivity index (χ4n) is 1.63. The van der Waals surface area contributed by atoms with Crippen molar-refractivity contribution in [1.29, 1.82) is 0 Å². The average molecular weight is 345 g/mol. The molecule has 23 heavy (non-hydrogen) atoms. The monoisotopic (exact) mass is 345 g/mol. The van der Waals surface area contributed by atoms with Gasteiger partial charge in [-0.15, -0.1) is 11.8 Å². The third-order valence-electron chi connectivity index (χ3n) is 2.62. The summed E-state index contributed by atoms with van der Waals surface area (Å²) < 4.78 is 54.0. The summed E-state index contributed by atoms with van der Waals surface area (Å²) in [5.41, 5.74) is 0.405. The number of benzene rings is 2. The van der Waals surface area contributed by atoms with Crippen molar-refractivity contribution in [3.8, 4) is 5.75 Å². The van der Waals surface area contributed by atoms with Crippen molar-refractivity contribution in [3.05, 3.63) is 54.1 Å². The predicted octanol–water partition coefficient (Wildman–Crippen LogP) is 4.30. The molecule has 0 aliphatic heterocycles. The van der Waals surface area contributed by atoms with E-state index in [4.69, 9.17) is 0 Å². The number of halogens is 4. The molecular weight excluding hydrogens is 334 g/mol. The highest BCUT2D eigenvalue weighted by atomic mass is 32.2. The number of anilines is 1. The number of thioether (sulfide) groups is 1. The van der Waals surface area contributed by atoms with Gasteiger partial charge in [-0.1, -0.05) is 0 Å². The molecule has 0 radical (unpaired) electrons. The summed E-state index contributed by atoms with van der Waals surface area (Å²) in [6.45, 7) is -2.91. The summed E-state index contributed by atoms with van der Waals surface area (Å²) in [4.78, 5) is 12.2. The van der Waals surface area contributed by atoms with Crippen molar-refractivity contribution in [2.24, 2.45) is 0 Å². The molecule has 0 heterocycles. The minimum atomic E-state index is -2.91. The van der Waals surface area contributed by atoms with E-state index in [1.807, 2.05) is 0 Å². The fraction of sp³-hybridized carbons (Fsp3) is 0.133. The van der Waals surface area contributed by atoms with E-state index in [2.05, 4.69) is 10.1 Å². The van der Waals surface area contributed by atoms with Crippen LogP contribution in [0.5, 0.6) is 5.75 Å². The number of hydrogen-bond acceptors (Lipinski definition) is 3. The summed E-state index contributed by atoms with van der Waals surface area (Å²) in [6, 6.07) is 8.78.